The van der Waals surface area contributed by atoms with Gasteiger partial charge in [0.1, 0.15) is 0 Å². The third-order valence-corrected chi connectivity index (χ3v) is 2.99. The van der Waals surface area contributed by atoms with Crippen LogP contribution in [-0.2, 0) is 13.0 Å². The summed E-state index contributed by atoms with van der Waals surface area (Å²) >= 11 is 0. The first kappa shape index (κ1) is 11.6. The molecule has 0 aliphatic carbocycles. The van der Waals surface area contributed by atoms with Gasteiger partial charge in [-0.1, -0.05) is 37.3 Å². The van der Waals surface area contributed by atoms with Gasteiger partial charge in [0.15, 0.2) is 0 Å². The molecular weight excluding hydrogens is 210 g/mol. The summed E-state index contributed by atoms with van der Waals surface area (Å²) in [6.07, 6.45) is 2.88. The Morgan fingerprint density at radius 3 is 2.35 bits per heavy atom. The number of rotatable bonds is 3. The van der Waals surface area contributed by atoms with Crippen LogP contribution in [-0.4, -0.2) is 4.57 Å². The van der Waals surface area contributed by atoms with Crippen molar-refractivity contribution in [3.8, 4) is 0 Å². The molecule has 88 valence electrons. The molecule has 0 spiro atoms. The molecule has 0 bridgehead atoms. The molecule has 0 N–H and O–H groups in total. The minimum Gasteiger partial charge on any atom is -0.311 e. The van der Waals surface area contributed by atoms with Crippen molar-refractivity contribution in [3.63, 3.8) is 0 Å². The van der Waals surface area contributed by atoms with E-state index in [9.17, 15) is 4.79 Å². The molecule has 0 saturated carbocycles. The largest absolute Gasteiger partial charge is 0.311 e. The molecule has 0 aliphatic heterocycles. The molecule has 0 amide bonds. The van der Waals surface area contributed by atoms with Gasteiger partial charge in [0, 0.05) is 11.8 Å². The third-order valence-electron chi connectivity index (χ3n) is 2.99. The van der Waals surface area contributed by atoms with Crippen LogP contribution in [0.3, 0.4) is 0 Å². The van der Waals surface area contributed by atoms with Crippen LogP contribution in [0.1, 0.15) is 23.6 Å². The maximum atomic E-state index is 11.9. The van der Waals surface area contributed by atoms with Gasteiger partial charge in [0.2, 0.25) is 0 Å². The van der Waals surface area contributed by atoms with Crippen molar-refractivity contribution in [1.29, 1.82) is 0 Å². The number of aromatic nitrogens is 1. The summed E-state index contributed by atoms with van der Waals surface area (Å²) in [4.78, 5) is 11.9. The predicted molar refractivity (Wildman–Crippen MR) is 70.4 cm³/mol. The van der Waals surface area contributed by atoms with Crippen LogP contribution in [0.15, 0.2) is 47.4 Å². The topological polar surface area (TPSA) is 22.0 Å². The minimum absolute atomic E-state index is 0.0899. The van der Waals surface area contributed by atoms with Crippen LogP contribution in [0.25, 0.3) is 0 Å². The van der Waals surface area contributed by atoms with Gasteiger partial charge in [0.25, 0.3) is 5.56 Å². The number of nitrogens with zero attached hydrogens (tertiary/aromatic N) is 1. The summed E-state index contributed by atoms with van der Waals surface area (Å²) in [7, 11) is 0. The second-order valence-electron chi connectivity index (χ2n) is 4.29. The van der Waals surface area contributed by atoms with Gasteiger partial charge in [-0.3, -0.25) is 4.79 Å². The molecule has 0 saturated heterocycles. The Bertz CT molecular complexity index is 552. The van der Waals surface area contributed by atoms with E-state index >= 15 is 0 Å². The zero-order chi connectivity index (χ0) is 12.3. The Labute approximate surface area is 102 Å². The highest BCUT2D eigenvalue weighted by molar-refractivity contribution is 5.23. The molecule has 0 unspecified atom stereocenters. The zero-order valence-electron chi connectivity index (χ0n) is 10.3. The van der Waals surface area contributed by atoms with Crippen LogP contribution in [0.5, 0.6) is 0 Å². The summed E-state index contributed by atoms with van der Waals surface area (Å²) in [5.74, 6) is 0. The van der Waals surface area contributed by atoms with E-state index in [0.29, 0.717) is 6.54 Å². The lowest BCUT2D eigenvalue weighted by molar-refractivity contribution is 0.752. The van der Waals surface area contributed by atoms with Gasteiger partial charge in [0.05, 0.1) is 6.54 Å². The fourth-order valence-electron chi connectivity index (χ4n) is 1.86. The predicted octanol–water partition coefficient (Wildman–Crippen LogP) is 2.77. The van der Waals surface area contributed by atoms with Crippen molar-refractivity contribution in [1.82, 2.24) is 4.57 Å². The average molecular weight is 227 g/mol. The molecular formula is C15H17NO. The number of benzene rings is 1. The van der Waals surface area contributed by atoms with E-state index < -0.39 is 0 Å². The van der Waals surface area contributed by atoms with E-state index in [0.717, 1.165) is 17.5 Å². The maximum Gasteiger partial charge on any atom is 0.253 e. The highest BCUT2D eigenvalue weighted by atomic mass is 16.1. The Kier molecular flexibility index (Phi) is 3.43. The molecule has 17 heavy (non-hydrogen) atoms. The van der Waals surface area contributed by atoms with Crippen LogP contribution >= 0.6 is 0 Å². The third kappa shape index (κ3) is 2.64. The summed E-state index contributed by atoms with van der Waals surface area (Å²) in [5.41, 5.74) is 3.37. The lowest BCUT2D eigenvalue weighted by atomic mass is 10.1. The van der Waals surface area contributed by atoms with Crippen molar-refractivity contribution in [2.75, 3.05) is 0 Å². The summed E-state index contributed by atoms with van der Waals surface area (Å²) < 4.78 is 1.75. The molecule has 0 radical (unpaired) electrons. The van der Waals surface area contributed by atoms with Crippen molar-refractivity contribution >= 4 is 0 Å². The molecule has 0 atom stereocenters. The van der Waals surface area contributed by atoms with Gasteiger partial charge < -0.3 is 4.57 Å². The number of hydrogen-bond acceptors (Lipinski definition) is 1. The first-order valence-electron chi connectivity index (χ1n) is 5.94. The standard InChI is InChI=1S/C15H17NO/c1-3-13-6-8-14(9-7-13)11-16-10-4-5-12(2)15(16)17/h4-10H,3,11H2,1-2H3. The SMILES string of the molecule is CCc1ccc(Cn2cccc(C)c2=O)cc1. The normalized spacial score (nSPS) is 10.5. The second kappa shape index (κ2) is 5.00. The van der Waals surface area contributed by atoms with Crippen molar-refractivity contribution in [3.05, 3.63) is 69.6 Å². The van der Waals surface area contributed by atoms with E-state index in [1.54, 1.807) is 4.57 Å². The Hall–Kier alpha value is -1.83. The molecule has 0 fully saturated rings. The Morgan fingerprint density at radius 1 is 1.06 bits per heavy atom. The van der Waals surface area contributed by atoms with Crippen molar-refractivity contribution < 1.29 is 0 Å². The monoisotopic (exact) mass is 227 g/mol. The van der Waals surface area contributed by atoms with Crippen LogP contribution in [0.4, 0.5) is 0 Å². The van der Waals surface area contributed by atoms with E-state index in [4.69, 9.17) is 0 Å². The Morgan fingerprint density at radius 2 is 1.71 bits per heavy atom. The van der Waals surface area contributed by atoms with Crippen molar-refractivity contribution in [2.24, 2.45) is 0 Å². The van der Waals surface area contributed by atoms with Gasteiger partial charge in [-0.15, -0.1) is 0 Å². The molecule has 1 aromatic heterocycles. The van der Waals surface area contributed by atoms with Gasteiger partial charge in [-0.05, 0) is 30.5 Å². The maximum absolute atomic E-state index is 11.9. The molecule has 0 aliphatic rings. The second-order valence-corrected chi connectivity index (χ2v) is 4.29. The summed E-state index contributed by atoms with van der Waals surface area (Å²) in [6.45, 7) is 4.63. The molecule has 2 aromatic rings. The highest BCUT2D eigenvalue weighted by Crippen LogP contribution is 2.06. The van der Waals surface area contributed by atoms with Crippen LogP contribution < -0.4 is 5.56 Å². The number of pyridine rings is 1. The highest BCUT2D eigenvalue weighted by Gasteiger charge is 2.00. The lowest BCUT2D eigenvalue weighted by Crippen LogP contribution is -2.21. The zero-order valence-corrected chi connectivity index (χ0v) is 10.3. The Balaban J connectivity index is 2.25. The smallest absolute Gasteiger partial charge is 0.253 e. The van der Waals surface area contributed by atoms with E-state index in [1.165, 1.54) is 5.56 Å². The molecule has 1 heterocycles. The fraction of sp³-hybridized carbons (Fsp3) is 0.267. The van der Waals surface area contributed by atoms with Crippen LogP contribution in [0, 0.1) is 6.92 Å². The summed E-state index contributed by atoms with van der Waals surface area (Å²) in [6, 6.07) is 12.2. The number of hydrogen-bond donors (Lipinski definition) is 0. The van der Waals surface area contributed by atoms with Crippen LogP contribution in [0.2, 0.25) is 0 Å². The molecule has 2 heteroatoms. The van der Waals surface area contributed by atoms with Crippen molar-refractivity contribution in [2.45, 2.75) is 26.8 Å². The number of aryl methyl sites for hydroxylation is 2. The first-order valence-corrected chi connectivity index (χ1v) is 5.94. The minimum atomic E-state index is 0.0899. The fourth-order valence-corrected chi connectivity index (χ4v) is 1.86. The molecule has 2 nitrogen and oxygen atoms in total. The molecule has 1 aromatic carbocycles. The van der Waals surface area contributed by atoms with Gasteiger partial charge >= 0.3 is 0 Å². The van der Waals surface area contributed by atoms with E-state index in [2.05, 4.69) is 31.2 Å². The summed E-state index contributed by atoms with van der Waals surface area (Å²) in [5, 5.41) is 0. The first-order chi connectivity index (χ1) is 8.20. The lowest BCUT2D eigenvalue weighted by Gasteiger charge is -2.07. The average Bonchev–Trinajstić information content (AvgIpc) is 2.36. The van der Waals surface area contributed by atoms with E-state index in [-0.39, 0.29) is 5.56 Å². The van der Waals surface area contributed by atoms with Gasteiger partial charge in [-0.2, -0.15) is 0 Å². The quantitative estimate of drug-likeness (QED) is 0.790. The molecule has 2 rings (SSSR count). The van der Waals surface area contributed by atoms with E-state index in [1.807, 2.05) is 25.3 Å². The van der Waals surface area contributed by atoms with Gasteiger partial charge in [-0.25, -0.2) is 0 Å².